The van der Waals surface area contributed by atoms with Gasteiger partial charge in [-0.25, -0.2) is 18.1 Å². The third-order valence-electron chi connectivity index (χ3n) is 5.61. The Balaban J connectivity index is 1.38. The zero-order valence-electron chi connectivity index (χ0n) is 15.5. The number of rotatable bonds is 4. The molecule has 2 atom stereocenters. The lowest BCUT2D eigenvalue weighted by Gasteiger charge is -2.14. The van der Waals surface area contributed by atoms with Crippen LogP contribution < -0.4 is 10.0 Å². The van der Waals surface area contributed by atoms with Crippen LogP contribution in [0, 0.1) is 11.3 Å². The maximum Gasteiger partial charge on any atom is 0.240 e. The standard InChI is InChI=1S/C19H19N7O2S/c20-10-12-2-1-3-15(8-12)29(27,28)25-14-5-4-13(9-14)19-24-23-17-11-22-18-16(26(17)19)6-7-21-18/h1-3,8,11,13-14,21,25H,4-7,9H2/t13-,14+/m1/s1. The van der Waals surface area contributed by atoms with Crippen LogP contribution in [-0.4, -0.2) is 40.6 Å². The fourth-order valence-electron chi connectivity index (χ4n) is 4.26. The fraction of sp³-hybridized carbons (Fsp3) is 0.368. The van der Waals surface area contributed by atoms with Gasteiger partial charge in [-0.2, -0.15) is 5.26 Å². The van der Waals surface area contributed by atoms with Crippen molar-refractivity contribution in [2.24, 2.45) is 0 Å². The van der Waals surface area contributed by atoms with Crippen molar-refractivity contribution in [3.63, 3.8) is 0 Å². The molecule has 0 radical (unpaired) electrons. The van der Waals surface area contributed by atoms with Gasteiger partial charge in [-0.3, -0.25) is 4.40 Å². The van der Waals surface area contributed by atoms with Crippen molar-refractivity contribution in [3.05, 3.63) is 47.5 Å². The van der Waals surface area contributed by atoms with Gasteiger partial charge in [-0.05, 0) is 37.5 Å². The van der Waals surface area contributed by atoms with Crippen LogP contribution in [0.1, 0.15) is 42.3 Å². The van der Waals surface area contributed by atoms with E-state index in [1.807, 2.05) is 6.07 Å². The Hall–Kier alpha value is -3.03. The van der Waals surface area contributed by atoms with E-state index in [9.17, 15) is 8.42 Å². The summed E-state index contributed by atoms with van der Waals surface area (Å²) in [7, 11) is -3.68. The molecule has 0 amide bonds. The Morgan fingerprint density at radius 1 is 1.28 bits per heavy atom. The summed E-state index contributed by atoms with van der Waals surface area (Å²) in [6.07, 6.45) is 4.79. The predicted molar refractivity (Wildman–Crippen MR) is 105 cm³/mol. The van der Waals surface area contributed by atoms with Crippen molar-refractivity contribution in [1.82, 2.24) is 24.3 Å². The molecular formula is C19H19N7O2S. The zero-order valence-corrected chi connectivity index (χ0v) is 16.4. The van der Waals surface area contributed by atoms with Crippen molar-refractivity contribution in [2.45, 2.75) is 42.5 Å². The Morgan fingerprint density at radius 3 is 3.03 bits per heavy atom. The zero-order chi connectivity index (χ0) is 20.0. The van der Waals surface area contributed by atoms with Crippen LogP contribution in [-0.2, 0) is 16.4 Å². The smallest absolute Gasteiger partial charge is 0.240 e. The largest absolute Gasteiger partial charge is 0.368 e. The first-order valence-electron chi connectivity index (χ1n) is 9.54. The van der Waals surface area contributed by atoms with Gasteiger partial charge in [-0.1, -0.05) is 6.07 Å². The van der Waals surface area contributed by atoms with E-state index in [1.54, 1.807) is 18.3 Å². The van der Waals surface area contributed by atoms with Gasteiger partial charge in [0.15, 0.2) is 5.65 Å². The van der Waals surface area contributed by atoms with Crippen LogP contribution in [0.2, 0.25) is 0 Å². The van der Waals surface area contributed by atoms with Gasteiger partial charge in [0.2, 0.25) is 10.0 Å². The second-order valence-corrected chi connectivity index (χ2v) is 9.16. The Bertz CT molecular complexity index is 1250. The van der Waals surface area contributed by atoms with E-state index in [0.29, 0.717) is 12.0 Å². The number of hydrogen-bond acceptors (Lipinski definition) is 7. The first kappa shape index (κ1) is 18.0. The number of nitriles is 1. The van der Waals surface area contributed by atoms with Crippen molar-refractivity contribution < 1.29 is 8.42 Å². The van der Waals surface area contributed by atoms with Crippen LogP contribution in [0.25, 0.3) is 5.65 Å². The molecule has 29 heavy (non-hydrogen) atoms. The van der Waals surface area contributed by atoms with E-state index in [-0.39, 0.29) is 16.9 Å². The highest BCUT2D eigenvalue weighted by Crippen LogP contribution is 2.35. The second kappa shape index (κ2) is 6.79. The average Bonchev–Trinajstić information content (AvgIpc) is 3.45. The Kier molecular flexibility index (Phi) is 4.22. The van der Waals surface area contributed by atoms with E-state index in [0.717, 1.165) is 48.8 Å². The van der Waals surface area contributed by atoms with Crippen molar-refractivity contribution in [3.8, 4) is 6.07 Å². The number of nitrogens with zero attached hydrogens (tertiary/aromatic N) is 5. The Labute approximate surface area is 167 Å². The minimum absolute atomic E-state index is 0.114. The second-order valence-electron chi connectivity index (χ2n) is 7.45. The van der Waals surface area contributed by atoms with Gasteiger partial charge in [0, 0.05) is 24.9 Å². The van der Waals surface area contributed by atoms with Crippen molar-refractivity contribution >= 4 is 21.5 Å². The number of nitrogens with one attached hydrogen (secondary N) is 2. The topological polar surface area (TPSA) is 125 Å². The van der Waals surface area contributed by atoms with Gasteiger partial charge >= 0.3 is 0 Å². The molecule has 1 fully saturated rings. The van der Waals surface area contributed by atoms with E-state index < -0.39 is 10.0 Å². The Morgan fingerprint density at radius 2 is 2.17 bits per heavy atom. The first-order valence-corrected chi connectivity index (χ1v) is 11.0. The third kappa shape index (κ3) is 3.12. The summed E-state index contributed by atoms with van der Waals surface area (Å²) in [6, 6.07) is 7.85. The summed E-state index contributed by atoms with van der Waals surface area (Å²) < 4.78 is 30.4. The van der Waals surface area contributed by atoms with E-state index in [4.69, 9.17) is 5.26 Å². The summed E-state index contributed by atoms with van der Waals surface area (Å²) in [5.74, 6) is 1.86. The summed E-state index contributed by atoms with van der Waals surface area (Å²) in [5.41, 5.74) is 2.13. The molecular weight excluding hydrogens is 390 g/mol. The number of benzene rings is 1. The molecule has 3 heterocycles. The average molecular weight is 409 g/mol. The predicted octanol–water partition coefficient (Wildman–Crippen LogP) is 1.58. The lowest BCUT2D eigenvalue weighted by Crippen LogP contribution is -2.33. The molecule has 10 heteroatoms. The van der Waals surface area contributed by atoms with Crippen LogP contribution >= 0.6 is 0 Å². The maximum atomic E-state index is 12.7. The van der Waals surface area contributed by atoms with E-state index in [2.05, 4.69) is 29.6 Å². The SMILES string of the molecule is N#Cc1cccc(S(=O)(=O)N[C@H]2CC[C@@H](c3nnc4cnc5c(n34)CCN5)C2)c1. The lowest BCUT2D eigenvalue weighted by atomic mass is 10.1. The number of anilines is 1. The van der Waals surface area contributed by atoms with Gasteiger partial charge in [0.25, 0.3) is 0 Å². The number of hydrogen-bond donors (Lipinski definition) is 2. The van der Waals surface area contributed by atoms with Gasteiger partial charge in [0.1, 0.15) is 11.6 Å². The van der Waals surface area contributed by atoms with Gasteiger partial charge < -0.3 is 5.32 Å². The molecule has 2 aromatic heterocycles. The van der Waals surface area contributed by atoms with E-state index >= 15 is 0 Å². The lowest BCUT2D eigenvalue weighted by molar-refractivity contribution is 0.546. The third-order valence-corrected chi connectivity index (χ3v) is 7.13. The molecule has 2 N–H and O–H groups in total. The van der Waals surface area contributed by atoms with Crippen LogP contribution in [0.15, 0.2) is 35.4 Å². The molecule has 2 aliphatic rings. The quantitative estimate of drug-likeness (QED) is 0.670. The number of sulfonamides is 1. The molecule has 5 rings (SSSR count). The van der Waals surface area contributed by atoms with E-state index in [1.165, 1.54) is 12.1 Å². The minimum Gasteiger partial charge on any atom is -0.368 e. The van der Waals surface area contributed by atoms with Crippen LogP contribution in [0.3, 0.4) is 0 Å². The molecule has 1 saturated carbocycles. The summed E-state index contributed by atoms with van der Waals surface area (Å²) >= 11 is 0. The first-order chi connectivity index (χ1) is 14.0. The number of aromatic nitrogens is 4. The monoisotopic (exact) mass is 409 g/mol. The summed E-state index contributed by atoms with van der Waals surface area (Å²) in [4.78, 5) is 4.50. The highest BCUT2D eigenvalue weighted by molar-refractivity contribution is 7.89. The normalized spacial score (nSPS) is 21.1. The molecule has 1 aromatic carbocycles. The van der Waals surface area contributed by atoms with Crippen molar-refractivity contribution in [1.29, 1.82) is 5.26 Å². The summed E-state index contributed by atoms with van der Waals surface area (Å²) in [6.45, 7) is 0.841. The van der Waals surface area contributed by atoms with Crippen LogP contribution in [0.4, 0.5) is 5.82 Å². The number of fused-ring (bicyclic) bond motifs is 3. The molecule has 0 saturated heterocycles. The van der Waals surface area contributed by atoms with Crippen LogP contribution in [0.5, 0.6) is 0 Å². The van der Waals surface area contributed by atoms with Gasteiger partial charge in [0.05, 0.1) is 28.4 Å². The highest BCUT2D eigenvalue weighted by atomic mass is 32.2. The molecule has 3 aromatic rings. The highest BCUT2D eigenvalue weighted by Gasteiger charge is 2.33. The maximum absolute atomic E-state index is 12.7. The molecule has 0 bridgehead atoms. The molecule has 9 nitrogen and oxygen atoms in total. The molecule has 1 aliphatic heterocycles. The molecule has 1 aliphatic carbocycles. The molecule has 148 valence electrons. The van der Waals surface area contributed by atoms with Gasteiger partial charge in [-0.15, -0.1) is 10.2 Å². The fourth-order valence-corrected chi connectivity index (χ4v) is 5.59. The summed E-state index contributed by atoms with van der Waals surface area (Å²) in [5, 5.41) is 20.9. The van der Waals surface area contributed by atoms with Crippen molar-refractivity contribution in [2.75, 3.05) is 11.9 Å². The molecule has 0 unspecified atom stereocenters. The minimum atomic E-state index is -3.68. The molecule has 0 spiro atoms.